The van der Waals surface area contributed by atoms with Crippen molar-refractivity contribution in [3.63, 3.8) is 0 Å². The quantitative estimate of drug-likeness (QED) is 0.329. The predicted molar refractivity (Wildman–Crippen MR) is 122 cm³/mol. The molecule has 3 N–H and O–H groups in total. The van der Waals surface area contributed by atoms with Crippen LogP contribution in [0.4, 0.5) is 10.1 Å². The summed E-state index contributed by atoms with van der Waals surface area (Å²) in [6.45, 7) is 3.28. The van der Waals surface area contributed by atoms with Crippen LogP contribution in [0.15, 0.2) is 47.5 Å². The number of hydrogen-bond acceptors (Lipinski definition) is 3. The van der Waals surface area contributed by atoms with Crippen LogP contribution in [0.25, 0.3) is 0 Å². The minimum Gasteiger partial charge on any atom is -0.357 e. The van der Waals surface area contributed by atoms with Gasteiger partial charge in [0.25, 0.3) is 0 Å². The first kappa shape index (κ1) is 22.6. The van der Waals surface area contributed by atoms with E-state index in [0.717, 1.165) is 11.3 Å². The topological polar surface area (TPSA) is 89.3 Å². The third-order valence-electron chi connectivity index (χ3n) is 4.56. The molecule has 0 bridgehead atoms. The molecule has 1 atom stereocenters. The number of para-hydroxylation sites is 1. The number of halogens is 2. The predicted octanol–water partition coefficient (Wildman–Crippen LogP) is 3.50. The van der Waals surface area contributed by atoms with Crippen molar-refractivity contribution in [2.45, 2.75) is 25.8 Å². The van der Waals surface area contributed by atoms with Crippen molar-refractivity contribution in [3.05, 3.63) is 65.0 Å². The Kier molecular flexibility index (Phi) is 8.39. The van der Waals surface area contributed by atoms with E-state index >= 15 is 0 Å². The molecule has 0 spiro atoms. The lowest BCUT2D eigenvalue weighted by Crippen LogP contribution is -2.40. The molecule has 1 aliphatic rings. The number of hydrogen-bond donors (Lipinski definition) is 3. The molecule has 152 valence electrons. The van der Waals surface area contributed by atoms with Crippen molar-refractivity contribution in [3.8, 4) is 6.07 Å². The standard InChI is InChI=1S/C21H22FN5O.HI/c1-2-24-21(25-12-15-8-7-14(11-23)9-18(15)22)26-13-16-10-20(28)27-19-6-4-3-5-17(16)19;/h3-9,16H,2,10,12-13H2,1H3,(H,27,28)(H2,24,25,26);1H. The number of fused-ring (bicyclic) bond motifs is 1. The molecule has 1 unspecified atom stereocenters. The molecule has 0 saturated heterocycles. The lowest BCUT2D eigenvalue weighted by molar-refractivity contribution is -0.116. The summed E-state index contributed by atoms with van der Waals surface area (Å²) in [4.78, 5) is 16.4. The maximum Gasteiger partial charge on any atom is 0.225 e. The molecule has 0 fully saturated rings. The molecule has 3 rings (SSSR count). The van der Waals surface area contributed by atoms with Crippen molar-refractivity contribution >= 4 is 41.5 Å². The van der Waals surface area contributed by atoms with E-state index in [1.165, 1.54) is 6.07 Å². The maximum atomic E-state index is 14.1. The van der Waals surface area contributed by atoms with Gasteiger partial charge in [0.05, 0.1) is 18.2 Å². The summed E-state index contributed by atoms with van der Waals surface area (Å²) in [6, 6.07) is 14.0. The average Bonchev–Trinajstić information content (AvgIpc) is 2.70. The van der Waals surface area contributed by atoms with Crippen LogP contribution in [-0.4, -0.2) is 25.0 Å². The molecule has 0 saturated carbocycles. The van der Waals surface area contributed by atoms with Crippen LogP contribution in [-0.2, 0) is 11.3 Å². The van der Waals surface area contributed by atoms with Crippen LogP contribution in [0.3, 0.4) is 0 Å². The van der Waals surface area contributed by atoms with Gasteiger partial charge in [0, 0.05) is 36.7 Å². The van der Waals surface area contributed by atoms with Crippen LogP contribution in [0.1, 0.15) is 36.0 Å². The maximum absolute atomic E-state index is 14.1. The number of nitrogens with one attached hydrogen (secondary N) is 3. The van der Waals surface area contributed by atoms with E-state index in [0.29, 0.717) is 31.0 Å². The van der Waals surface area contributed by atoms with Gasteiger partial charge in [-0.15, -0.1) is 24.0 Å². The van der Waals surface area contributed by atoms with Gasteiger partial charge in [-0.05, 0) is 30.7 Å². The van der Waals surface area contributed by atoms with E-state index in [4.69, 9.17) is 5.26 Å². The highest BCUT2D eigenvalue weighted by Gasteiger charge is 2.24. The van der Waals surface area contributed by atoms with Gasteiger partial charge in [0.1, 0.15) is 5.82 Å². The molecule has 6 nitrogen and oxygen atoms in total. The first-order chi connectivity index (χ1) is 13.6. The Morgan fingerprint density at radius 3 is 2.83 bits per heavy atom. The summed E-state index contributed by atoms with van der Waals surface area (Å²) in [7, 11) is 0. The average molecular weight is 507 g/mol. The van der Waals surface area contributed by atoms with Crippen LogP contribution >= 0.6 is 24.0 Å². The molecular weight excluding hydrogens is 484 g/mol. The van der Waals surface area contributed by atoms with Crippen LogP contribution in [0, 0.1) is 17.1 Å². The smallest absolute Gasteiger partial charge is 0.225 e. The molecule has 2 aromatic rings. The van der Waals surface area contributed by atoms with E-state index in [1.807, 2.05) is 37.3 Å². The van der Waals surface area contributed by atoms with E-state index in [9.17, 15) is 9.18 Å². The van der Waals surface area contributed by atoms with Crippen LogP contribution < -0.4 is 16.0 Å². The minimum absolute atomic E-state index is 0. The van der Waals surface area contributed by atoms with Crippen molar-refractivity contribution in [2.75, 3.05) is 18.4 Å². The lowest BCUT2D eigenvalue weighted by atomic mass is 9.90. The summed E-state index contributed by atoms with van der Waals surface area (Å²) < 4.78 is 14.1. The fraction of sp³-hybridized carbons (Fsp3) is 0.286. The zero-order valence-corrected chi connectivity index (χ0v) is 18.4. The molecule has 0 aliphatic carbocycles. The fourth-order valence-corrected chi connectivity index (χ4v) is 3.15. The third-order valence-corrected chi connectivity index (χ3v) is 4.56. The monoisotopic (exact) mass is 507 g/mol. The number of nitrogens with zero attached hydrogens (tertiary/aromatic N) is 2. The van der Waals surface area contributed by atoms with Crippen LogP contribution in [0.2, 0.25) is 0 Å². The zero-order valence-electron chi connectivity index (χ0n) is 16.0. The largest absolute Gasteiger partial charge is 0.357 e. The number of amides is 1. The van der Waals surface area contributed by atoms with Gasteiger partial charge in [-0.2, -0.15) is 5.26 Å². The van der Waals surface area contributed by atoms with E-state index in [2.05, 4.69) is 20.9 Å². The van der Waals surface area contributed by atoms with E-state index in [1.54, 1.807) is 12.1 Å². The first-order valence-corrected chi connectivity index (χ1v) is 9.20. The van der Waals surface area contributed by atoms with E-state index < -0.39 is 5.82 Å². The van der Waals surface area contributed by atoms with Gasteiger partial charge in [0.2, 0.25) is 5.91 Å². The minimum atomic E-state index is -0.448. The summed E-state index contributed by atoms with van der Waals surface area (Å²) in [6.07, 6.45) is 0.396. The number of guanidine groups is 1. The van der Waals surface area contributed by atoms with Gasteiger partial charge < -0.3 is 16.0 Å². The molecule has 0 radical (unpaired) electrons. The molecular formula is C21H23FIN5O. The van der Waals surface area contributed by atoms with Gasteiger partial charge in [-0.25, -0.2) is 9.38 Å². The number of benzene rings is 2. The van der Waals surface area contributed by atoms with Gasteiger partial charge in [-0.1, -0.05) is 24.3 Å². The summed E-state index contributed by atoms with van der Waals surface area (Å²) in [5, 5.41) is 18.1. The number of carbonyl (C=O) groups excluding carboxylic acids is 1. The Labute approximate surface area is 186 Å². The lowest BCUT2D eigenvalue weighted by Gasteiger charge is -2.26. The molecule has 8 heteroatoms. The molecule has 2 aromatic carbocycles. The SMILES string of the molecule is CCNC(=NCc1ccc(C#N)cc1F)NCC1CC(=O)Nc2ccccc21.I. The summed E-state index contributed by atoms with van der Waals surface area (Å²) in [5.41, 5.74) is 2.62. The van der Waals surface area contributed by atoms with Crippen molar-refractivity contribution < 1.29 is 9.18 Å². The second kappa shape index (κ2) is 10.8. The molecule has 1 aliphatic heterocycles. The fourth-order valence-electron chi connectivity index (χ4n) is 3.15. The zero-order chi connectivity index (χ0) is 19.9. The Morgan fingerprint density at radius 1 is 1.31 bits per heavy atom. The number of nitriles is 1. The Balaban J connectivity index is 0.00000300. The second-order valence-electron chi connectivity index (χ2n) is 6.53. The Morgan fingerprint density at radius 2 is 2.10 bits per heavy atom. The van der Waals surface area contributed by atoms with Crippen molar-refractivity contribution in [1.82, 2.24) is 10.6 Å². The molecule has 0 aromatic heterocycles. The van der Waals surface area contributed by atoms with Gasteiger partial charge in [0.15, 0.2) is 5.96 Å². The first-order valence-electron chi connectivity index (χ1n) is 9.20. The Hall–Kier alpha value is -2.67. The number of anilines is 1. The van der Waals surface area contributed by atoms with Crippen LogP contribution in [0.5, 0.6) is 0 Å². The van der Waals surface area contributed by atoms with Gasteiger partial charge in [-0.3, -0.25) is 4.79 Å². The molecule has 1 heterocycles. The number of carbonyl (C=O) groups is 1. The number of rotatable bonds is 5. The molecule has 29 heavy (non-hydrogen) atoms. The Bertz CT molecular complexity index is 941. The van der Waals surface area contributed by atoms with Gasteiger partial charge >= 0.3 is 0 Å². The summed E-state index contributed by atoms with van der Waals surface area (Å²) in [5.74, 6) is 0.124. The highest BCUT2D eigenvalue weighted by atomic mass is 127. The van der Waals surface area contributed by atoms with E-state index in [-0.39, 0.29) is 47.9 Å². The summed E-state index contributed by atoms with van der Waals surface area (Å²) >= 11 is 0. The second-order valence-corrected chi connectivity index (χ2v) is 6.53. The van der Waals surface area contributed by atoms with Crippen molar-refractivity contribution in [2.24, 2.45) is 4.99 Å². The highest BCUT2D eigenvalue weighted by Crippen LogP contribution is 2.31. The highest BCUT2D eigenvalue weighted by molar-refractivity contribution is 14.0. The number of aliphatic imine (C=N–C) groups is 1. The third kappa shape index (κ3) is 5.90. The normalized spacial score (nSPS) is 15.4. The van der Waals surface area contributed by atoms with Crippen molar-refractivity contribution in [1.29, 1.82) is 5.26 Å². The molecule has 1 amide bonds.